The van der Waals surface area contributed by atoms with Crippen LogP contribution in [0.25, 0.3) is 0 Å². The van der Waals surface area contributed by atoms with Gasteiger partial charge in [0, 0.05) is 5.92 Å². The van der Waals surface area contributed by atoms with Crippen molar-refractivity contribution in [2.45, 2.75) is 57.1 Å². The fraction of sp³-hybridized carbons (Fsp3) is 0.565. The highest BCUT2D eigenvalue weighted by Crippen LogP contribution is 2.29. The van der Waals surface area contributed by atoms with E-state index in [1.807, 2.05) is 30.3 Å². The molecule has 2 fully saturated rings. The Morgan fingerprint density at radius 1 is 1.00 bits per heavy atom. The molecule has 3 rings (SSSR count). The number of rotatable bonds is 10. The predicted octanol–water partition coefficient (Wildman–Crippen LogP) is 0.885. The van der Waals surface area contributed by atoms with E-state index in [9.17, 15) is 19.2 Å². The maximum Gasteiger partial charge on any atom is 0.239 e. The number of carbonyl (C=O) groups is 4. The van der Waals surface area contributed by atoms with Crippen molar-refractivity contribution in [2.24, 2.45) is 5.92 Å². The van der Waals surface area contributed by atoms with Crippen molar-refractivity contribution < 1.29 is 23.9 Å². The first-order chi connectivity index (χ1) is 14.9. The van der Waals surface area contributed by atoms with Crippen molar-refractivity contribution in [3.8, 4) is 0 Å². The molecule has 31 heavy (non-hydrogen) atoms. The number of ether oxygens (including phenoxy) is 1. The molecule has 3 amide bonds. The van der Waals surface area contributed by atoms with E-state index in [4.69, 9.17) is 4.74 Å². The lowest BCUT2D eigenvalue weighted by Gasteiger charge is -2.21. The van der Waals surface area contributed by atoms with Gasteiger partial charge in [-0.3, -0.25) is 19.2 Å². The third kappa shape index (κ3) is 6.89. The lowest BCUT2D eigenvalue weighted by Crippen LogP contribution is -2.50. The Hall–Kier alpha value is -2.74. The molecule has 2 atom stereocenters. The lowest BCUT2D eigenvalue weighted by molar-refractivity contribution is -0.131. The number of ketones is 1. The average molecular weight is 430 g/mol. The topological polar surface area (TPSA) is 117 Å². The molecule has 0 unspecified atom stereocenters. The summed E-state index contributed by atoms with van der Waals surface area (Å²) in [5.74, 6) is -1.23. The summed E-state index contributed by atoms with van der Waals surface area (Å²) in [5, 5.41) is 7.85. The lowest BCUT2D eigenvalue weighted by atomic mass is 9.89. The Labute approximate surface area is 182 Å². The van der Waals surface area contributed by atoms with Crippen LogP contribution in [0.1, 0.15) is 44.6 Å². The summed E-state index contributed by atoms with van der Waals surface area (Å²) in [6.07, 6.45) is 5.29. The molecule has 2 aliphatic rings. The first-order valence-electron chi connectivity index (χ1n) is 10.9. The van der Waals surface area contributed by atoms with E-state index >= 15 is 0 Å². The van der Waals surface area contributed by atoms with Crippen LogP contribution in [-0.2, 0) is 30.3 Å². The number of benzene rings is 1. The molecular weight excluding hydrogens is 398 g/mol. The molecule has 168 valence electrons. The van der Waals surface area contributed by atoms with Gasteiger partial charge in [0.05, 0.1) is 25.7 Å². The van der Waals surface area contributed by atoms with Crippen molar-refractivity contribution in [1.82, 2.24) is 16.0 Å². The largest absolute Gasteiger partial charge is 0.361 e. The molecular formula is C23H31N3O5. The fourth-order valence-electron chi connectivity index (χ4n) is 3.84. The van der Waals surface area contributed by atoms with E-state index < -0.39 is 23.5 Å². The highest BCUT2D eigenvalue weighted by Gasteiger charge is 2.50. The molecule has 1 aromatic carbocycles. The third-order valence-corrected chi connectivity index (χ3v) is 5.88. The van der Waals surface area contributed by atoms with Crippen LogP contribution in [0, 0.1) is 5.92 Å². The summed E-state index contributed by atoms with van der Waals surface area (Å²) in [4.78, 5) is 49.3. The van der Waals surface area contributed by atoms with Crippen LogP contribution in [0.15, 0.2) is 30.3 Å². The van der Waals surface area contributed by atoms with Crippen molar-refractivity contribution >= 4 is 23.5 Å². The number of nitrogens with one attached hydrogen (secondary N) is 3. The Morgan fingerprint density at radius 3 is 2.29 bits per heavy atom. The zero-order chi connectivity index (χ0) is 22.3. The quantitative estimate of drug-likeness (QED) is 0.478. The number of amides is 3. The minimum absolute atomic E-state index is 0.0272. The first kappa shape index (κ1) is 22.9. The fourth-order valence-corrected chi connectivity index (χ4v) is 3.84. The minimum Gasteiger partial charge on any atom is -0.361 e. The summed E-state index contributed by atoms with van der Waals surface area (Å²) < 4.78 is 5.25. The molecule has 0 radical (unpaired) electrons. The first-order valence-corrected chi connectivity index (χ1v) is 10.9. The van der Waals surface area contributed by atoms with Gasteiger partial charge in [0.25, 0.3) is 0 Å². The number of hydrogen-bond acceptors (Lipinski definition) is 5. The highest BCUT2D eigenvalue weighted by molar-refractivity contribution is 5.97. The third-order valence-electron chi connectivity index (χ3n) is 5.88. The van der Waals surface area contributed by atoms with Gasteiger partial charge in [-0.25, -0.2) is 0 Å². The van der Waals surface area contributed by atoms with E-state index in [0.29, 0.717) is 13.0 Å². The standard InChI is InChI=1S/C23H31N3O5/c1-23(15-31-23)21(29)18(12-16-8-4-2-5-9-16)26-20(28)14-24-19(27)13-25-22(30)17-10-6-3-7-11-17/h2,4-5,8-9,17-18H,3,6-7,10-15H2,1H3,(H,24,27)(H,25,30)(H,26,28)/t18-,23+/m0/s1. The van der Waals surface area contributed by atoms with E-state index in [-0.39, 0.29) is 30.7 Å². The number of Topliss-reactive ketones (excluding diaryl/α,β-unsaturated/α-hetero) is 1. The van der Waals surface area contributed by atoms with Crippen LogP contribution in [0.5, 0.6) is 0 Å². The second-order valence-electron chi connectivity index (χ2n) is 8.52. The van der Waals surface area contributed by atoms with Crippen LogP contribution in [0.2, 0.25) is 0 Å². The van der Waals surface area contributed by atoms with Gasteiger partial charge in [-0.2, -0.15) is 0 Å². The van der Waals surface area contributed by atoms with Crippen molar-refractivity contribution in [3.05, 3.63) is 35.9 Å². The Morgan fingerprint density at radius 2 is 1.65 bits per heavy atom. The second kappa shape index (κ2) is 10.5. The maximum atomic E-state index is 12.8. The summed E-state index contributed by atoms with van der Waals surface area (Å²) >= 11 is 0. The molecule has 1 aliphatic heterocycles. The Bertz CT molecular complexity index is 801. The van der Waals surface area contributed by atoms with Crippen LogP contribution in [0.3, 0.4) is 0 Å². The van der Waals surface area contributed by atoms with Gasteiger partial charge >= 0.3 is 0 Å². The molecule has 1 aliphatic carbocycles. The molecule has 1 heterocycles. The monoisotopic (exact) mass is 429 g/mol. The highest BCUT2D eigenvalue weighted by atomic mass is 16.6. The molecule has 0 spiro atoms. The second-order valence-corrected chi connectivity index (χ2v) is 8.52. The van der Waals surface area contributed by atoms with Gasteiger partial charge in [-0.05, 0) is 31.7 Å². The van der Waals surface area contributed by atoms with Gasteiger partial charge in [-0.1, -0.05) is 49.6 Å². The zero-order valence-electron chi connectivity index (χ0n) is 17.9. The van der Waals surface area contributed by atoms with Gasteiger partial charge in [0.1, 0.15) is 5.60 Å². The zero-order valence-corrected chi connectivity index (χ0v) is 17.9. The van der Waals surface area contributed by atoms with Crippen molar-refractivity contribution in [1.29, 1.82) is 0 Å². The van der Waals surface area contributed by atoms with E-state index in [1.165, 1.54) is 0 Å². The SMILES string of the molecule is C[C@]1(C(=O)[C@H](Cc2ccccc2)NC(=O)CNC(=O)CNC(=O)C2CCCCC2)CO1. The molecule has 0 aromatic heterocycles. The predicted molar refractivity (Wildman–Crippen MR) is 114 cm³/mol. The normalized spacial score (nSPS) is 21.6. The van der Waals surface area contributed by atoms with Crippen LogP contribution < -0.4 is 16.0 Å². The average Bonchev–Trinajstić information content (AvgIpc) is 3.55. The van der Waals surface area contributed by atoms with E-state index in [2.05, 4.69) is 16.0 Å². The summed E-state index contributed by atoms with van der Waals surface area (Å²) in [6, 6.07) is 8.65. The van der Waals surface area contributed by atoms with Gasteiger partial charge in [-0.15, -0.1) is 0 Å². The van der Waals surface area contributed by atoms with Gasteiger partial charge < -0.3 is 20.7 Å². The molecule has 8 nitrogen and oxygen atoms in total. The minimum atomic E-state index is -0.862. The molecule has 0 bridgehead atoms. The van der Waals surface area contributed by atoms with E-state index in [0.717, 1.165) is 37.7 Å². The van der Waals surface area contributed by atoms with Gasteiger partial charge in [0.15, 0.2) is 5.78 Å². The smallest absolute Gasteiger partial charge is 0.239 e. The molecule has 3 N–H and O–H groups in total. The van der Waals surface area contributed by atoms with Crippen molar-refractivity contribution in [3.63, 3.8) is 0 Å². The number of carbonyl (C=O) groups excluding carboxylic acids is 4. The van der Waals surface area contributed by atoms with Crippen LogP contribution in [-0.4, -0.2) is 54.8 Å². The maximum absolute atomic E-state index is 12.8. The summed E-state index contributed by atoms with van der Waals surface area (Å²) in [5.41, 5.74) is 0.0548. The molecule has 1 saturated heterocycles. The summed E-state index contributed by atoms with van der Waals surface area (Å²) in [7, 11) is 0. The van der Waals surface area contributed by atoms with Crippen molar-refractivity contribution in [2.75, 3.05) is 19.7 Å². The Kier molecular flexibility index (Phi) is 7.79. The molecule has 8 heteroatoms. The Balaban J connectivity index is 1.44. The number of epoxide rings is 1. The number of hydrogen-bond donors (Lipinski definition) is 3. The molecule has 1 aromatic rings. The van der Waals surface area contributed by atoms with Crippen LogP contribution >= 0.6 is 0 Å². The van der Waals surface area contributed by atoms with Crippen LogP contribution in [0.4, 0.5) is 0 Å². The van der Waals surface area contributed by atoms with E-state index in [1.54, 1.807) is 6.92 Å². The van der Waals surface area contributed by atoms with Gasteiger partial charge in [0.2, 0.25) is 17.7 Å². The molecule has 1 saturated carbocycles. The summed E-state index contributed by atoms with van der Waals surface area (Å²) in [6.45, 7) is 1.61.